The molecule has 0 aliphatic rings. The first-order valence-electron chi connectivity index (χ1n) is 4.81. The number of hydrogen-bond donors (Lipinski definition) is 1. The first-order valence-corrected chi connectivity index (χ1v) is 4.81. The van der Waals surface area contributed by atoms with Crippen molar-refractivity contribution in [3.63, 3.8) is 0 Å². The van der Waals surface area contributed by atoms with Crippen LogP contribution in [0.25, 0.3) is 11.3 Å². The van der Waals surface area contributed by atoms with E-state index in [1.54, 1.807) is 6.20 Å². The van der Waals surface area contributed by atoms with Gasteiger partial charge in [-0.1, -0.05) is 12.1 Å². The minimum atomic E-state index is 0.612. The molecule has 0 amide bonds. The number of hydrogen-bond acceptors (Lipinski definition) is 3. The SMILES string of the molecule is Cc1ccc(-c2ncncc2N)cc1C. The van der Waals surface area contributed by atoms with Gasteiger partial charge in [-0.25, -0.2) is 9.97 Å². The van der Waals surface area contributed by atoms with E-state index in [1.165, 1.54) is 17.5 Å². The maximum absolute atomic E-state index is 5.82. The van der Waals surface area contributed by atoms with Crippen molar-refractivity contribution < 1.29 is 0 Å². The number of nitrogens with two attached hydrogens (primary N) is 1. The Kier molecular flexibility index (Phi) is 2.37. The molecule has 1 aromatic carbocycles. The molecule has 0 saturated heterocycles. The molecular weight excluding hydrogens is 186 g/mol. The van der Waals surface area contributed by atoms with Gasteiger partial charge in [-0.3, -0.25) is 0 Å². The Balaban J connectivity index is 2.55. The zero-order valence-electron chi connectivity index (χ0n) is 8.86. The van der Waals surface area contributed by atoms with Crippen LogP contribution < -0.4 is 5.73 Å². The van der Waals surface area contributed by atoms with Crippen LogP contribution in [0, 0.1) is 13.8 Å². The van der Waals surface area contributed by atoms with E-state index in [0.717, 1.165) is 11.3 Å². The number of benzene rings is 1. The predicted molar refractivity (Wildman–Crippen MR) is 61.4 cm³/mol. The van der Waals surface area contributed by atoms with Crippen molar-refractivity contribution in [3.05, 3.63) is 41.9 Å². The van der Waals surface area contributed by atoms with Crippen LogP contribution in [-0.4, -0.2) is 9.97 Å². The van der Waals surface area contributed by atoms with Crippen molar-refractivity contribution in [2.75, 3.05) is 5.73 Å². The van der Waals surface area contributed by atoms with Crippen LogP contribution >= 0.6 is 0 Å². The first-order chi connectivity index (χ1) is 7.18. The minimum Gasteiger partial charge on any atom is -0.396 e. The van der Waals surface area contributed by atoms with Crippen molar-refractivity contribution in [3.8, 4) is 11.3 Å². The zero-order chi connectivity index (χ0) is 10.8. The van der Waals surface area contributed by atoms with E-state index >= 15 is 0 Å². The minimum absolute atomic E-state index is 0.612. The Hall–Kier alpha value is -1.90. The van der Waals surface area contributed by atoms with E-state index in [2.05, 4.69) is 35.9 Å². The molecule has 0 spiro atoms. The normalized spacial score (nSPS) is 10.3. The summed E-state index contributed by atoms with van der Waals surface area (Å²) in [4.78, 5) is 8.06. The van der Waals surface area contributed by atoms with Crippen LogP contribution in [0.3, 0.4) is 0 Å². The number of anilines is 1. The lowest BCUT2D eigenvalue weighted by Gasteiger charge is -2.06. The molecule has 15 heavy (non-hydrogen) atoms. The second kappa shape index (κ2) is 3.69. The Bertz CT molecular complexity index is 492. The van der Waals surface area contributed by atoms with Gasteiger partial charge >= 0.3 is 0 Å². The van der Waals surface area contributed by atoms with Gasteiger partial charge in [0.05, 0.1) is 17.6 Å². The van der Waals surface area contributed by atoms with E-state index in [9.17, 15) is 0 Å². The molecular formula is C12H13N3. The van der Waals surface area contributed by atoms with Gasteiger partial charge in [0.1, 0.15) is 6.33 Å². The molecule has 3 heteroatoms. The number of nitrogen functional groups attached to an aromatic ring is 1. The fraction of sp³-hybridized carbons (Fsp3) is 0.167. The Morgan fingerprint density at radius 2 is 1.93 bits per heavy atom. The number of nitrogens with zero attached hydrogens (tertiary/aromatic N) is 2. The van der Waals surface area contributed by atoms with Crippen molar-refractivity contribution in [1.82, 2.24) is 9.97 Å². The summed E-state index contributed by atoms with van der Waals surface area (Å²) < 4.78 is 0. The Morgan fingerprint density at radius 1 is 1.13 bits per heavy atom. The molecule has 0 atom stereocenters. The fourth-order valence-corrected chi connectivity index (χ4v) is 1.47. The average molecular weight is 199 g/mol. The molecule has 0 saturated carbocycles. The highest BCUT2D eigenvalue weighted by molar-refractivity contribution is 5.72. The van der Waals surface area contributed by atoms with Gasteiger partial charge < -0.3 is 5.73 Å². The monoisotopic (exact) mass is 199 g/mol. The lowest BCUT2D eigenvalue weighted by atomic mass is 10.0. The summed E-state index contributed by atoms with van der Waals surface area (Å²) in [5.41, 5.74) is 10.8. The third-order valence-corrected chi connectivity index (χ3v) is 2.52. The quantitative estimate of drug-likeness (QED) is 0.767. The summed E-state index contributed by atoms with van der Waals surface area (Å²) in [5.74, 6) is 0. The number of rotatable bonds is 1. The van der Waals surface area contributed by atoms with Crippen molar-refractivity contribution in [2.24, 2.45) is 0 Å². The second-order valence-corrected chi connectivity index (χ2v) is 3.63. The Morgan fingerprint density at radius 3 is 2.60 bits per heavy atom. The van der Waals surface area contributed by atoms with E-state index in [4.69, 9.17) is 5.73 Å². The molecule has 0 bridgehead atoms. The van der Waals surface area contributed by atoms with E-state index in [-0.39, 0.29) is 0 Å². The van der Waals surface area contributed by atoms with Crippen LogP contribution in [0.4, 0.5) is 5.69 Å². The molecule has 1 heterocycles. The molecule has 0 fully saturated rings. The van der Waals surface area contributed by atoms with E-state index in [0.29, 0.717) is 5.69 Å². The highest BCUT2D eigenvalue weighted by Crippen LogP contribution is 2.23. The first kappa shape index (κ1) is 9.65. The van der Waals surface area contributed by atoms with Crippen molar-refractivity contribution in [2.45, 2.75) is 13.8 Å². The standard InChI is InChI=1S/C12H13N3/c1-8-3-4-10(5-9(8)2)12-11(13)6-14-7-15-12/h3-7H,13H2,1-2H3. The Labute approximate surface area is 89.0 Å². The van der Waals surface area contributed by atoms with Gasteiger partial charge in [-0.2, -0.15) is 0 Å². The molecule has 0 unspecified atom stereocenters. The summed E-state index contributed by atoms with van der Waals surface area (Å²) in [6.45, 7) is 4.17. The topological polar surface area (TPSA) is 51.8 Å². The van der Waals surface area contributed by atoms with Gasteiger partial charge in [-0.15, -0.1) is 0 Å². The summed E-state index contributed by atoms with van der Waals surface area (Å²) >= 11 is 0. The van der Waals surface area contributed by atoms with Crippen LogP contribution in [0.1, 0.15) is 11.1 Å². The number of aromatic nitrogens is 2. The summed E-state index contributed by atoms with van der Waals surface area (Å²) in [6.07, 6.45) is 3.14. The second-order valence-electron chi connectivity index (χ2n) is 3.63. The summed E-state index contributed by atoms with van der Waals surface area (Å²) in [6, 6.07) is 6.20. The summed E-state index contributed by atoms with van der Waals surface area (Å²) in [5, 5.41) is 0. The highest BCUT2D eigenvalue weighted by Gasteiger charge is 2.04. The van der Waals surface area contributed by atoms with Gasteiger partial charge in [0.15, 0.2) is 0 Å². The van der Waals surface area contributed by atoms with Gasteiger partial charge in [0.25, 0.3) is 0 Å². The van der Waals surface area contributed by atoms with E-state index in [1.807, 2.05) is 6.07 Å². The molecule has 1 aromatic heterocycles. The van der Waals surface area contributed by atoms with Gasteiger partial charge in [0, 0.05) is 5.56 Å². The van der Waals surface area contributed by atoms with Crippen molar-refractivity contribution >= 4 is 5.69 Å². The smallest absolute Gasteiger partial charge is 0.116 e. The average Bonchev–Trinajstić information content (AvgIpc) is 2.23. The predicted octanol–water partition coefficient (Wildman–Crippen LogP) is 2.34. The van der Waals surface area contributed by atoms with Gasteiger partial charge in [-0.05, 0) is 31.0 Å². The lowest BCUT2D eigenvalue weighted by Crippen LogP contribution is -1.94. The maximum atomic E-state index is 5.82. The van der Waals surface area contributed by atoms with Gasteiger partial charge in [0.2, 0.25) is 0 Å². The maximum Gasteiger partial charge on any atom is 0.116 e. The molecule has 0 aliphatic heterocycles. The van der Waals surface area contributed by atoms with Crippen LogP contribution in [0.15, 0.2) is 30.7 Å². The molecule has 0 aliphatic carbocycles. The molecule has 2 aromatic rings. The zero-order valence-corrected chi connectivity index (χ0v) is 8.86. The van der Waals surface area contributed by atoms with Crippen LogP contribution in [-0.2, 0) is 0 Å². The molecule has 76 valence electrons. The van der Waals surface area contributed by atoms with Crippen molar-refractivity contribution in [1.29, 1.82) is 0 Å². The van der Waals surface area contributed by atoms with E-state index < -0.39 is 0 Å². The third kappa shape index (κ3) is 1.81. The highest BCUT2D eigenvalue weighted by atomic mass is 14.9. The molecule has 0 radical (unpaired) electrons. The lowest BCUT2D eigenvalue weighted by molar-refractivity contribution is 1.17. The fourth-order valence-electron chi connectivity index (χ4n) is 1.47. The largest absolute Gasteiger partial charge is 0.396 e. The van der Waals surface area contributed by atoms with Crippen LogP contribution in [0.5, 0.6) is 0 Å². The molecule has 2 N–H and O–H groups in total. The third-order valence-electron chi connectivity index (χ3n) is 2.52. The van der Waals surface area contributed by atoms with Crippen LogP contribution in [0.2, 0.25) is 0 Å². The summed E-state index contributed by atoms with van der Waals surface area (Å²) in [7, 11) is 0. The number of aryl methyl sites for hydroxylation is 2. The molecule has 3 nitrogen and oxygen atoms in total. The molecule has 2 rings (SSSR count).